The molecule has 0 radical (unpaired) electrons. The van der Waals surface area contributed by atoms with Crippen molar-refractivity contribution in [2.75, 3.05) is 0 Å². The Morgan fingerprint density at radius 3 is 2.53 bits per heavy atom. The second kappa shape index (κ2) is 3.81. The van der Waals surface area contributed by atoms with Gasteiger partial charge in [-0.05, 0) is 27.8 Å². The van der Waals surface area contributed by atoms with Gasteiger partial charge < -0.3 is 0 Å². The summed E-state index contributed by atoms with van der Waals surface area (Å²) in [4.78, 5) is 7.48. The Kier molecular flexibility index (Phi) is 2.59. The van der Waals surface area contributed by atoms with E-state index in [1.54, 1.807) is 18.5 Å². The van der Waals surface area contributed by atoms with Crippen molar-refractivity contribution in [1.29, 1.82) is 0 Å². The van der Waals surface area contributed by atoms with Crippen LogP contribution in [-0.4, -0.2) is 4.98 Å². The Balaban J connectivity index is 2.97. The highest BCUT2D eigenvalue weighted by atomic mass is 19.1. The molecule has 2 rings (SSSR count). The van der Waals surface area contributed by atoms with Gasteiger partial charge in [0, 0.05) is 12.4 Å². The van der Waals surface area contributed by atoms with Crippen LogP contribution >= 0.6 is 0 Å². The second-order valence-electron chi connectivity index (χ2n) is 5.04. The number of halogens is 1. The minimum absolute atomic E-state index is 0.0924. The maximum atomic E-state index is 13.7. The number of benzene rings is 1. The van der Waals surface area contributed by atoms with E-state index in [2.05, 4.69) is 9.83 Å². The van der Waals surface area contributed by atoms with Crippen molar-refractivity contribution in [1.82, 2.24) is 4.98 Å². The standard InChI is InChI=1S/C14H13FN2/c1-14(2,3)10-8-17-7-9-5-6-11(15)13(16-4)12(9)10/h5-8H,1-3H3. The van der Waals surface area contributed by atoms with E-state index in [9.17, 15) is 4.39 Å². The number of hydrogen-bond donors (Lipinski definition) is 0. The Bertz CT molecular complexity index is 618. The van der Waals surface area contributed by atoms with Crippen LogP contribution in [0.5, 0.6) is 0 Å². The first-order chi connectivity index (χ1) is 7.95. The Morgan fingerprint density at radius 2 is 1.94 bits per heavy atom. The smallest absolute Gasteiger partial charge is 0.230 e. The molecule has 0 bridgehead atoms. The molecule has 2 aromatic rings. The van der Waals surface area contributed by atoms with Crippen molar-refractivity contribution in [3.8, 4) is 0 Å². The van der Waals surface area contributed by atoms with Gasteiger partial charge >= 0.3 is 0 Å². The molecule has 2 nitrogen and oxygen atoms in total. The Labute approximate surface area is 99.9 Å². The van der Waals surface area contributed by atoms with E-state index < -0.39 is 5.82 Å². The summed E-state index contributed by atoms with van der Waals surface area (Å²) in [6.45, 7) is 13.2. The maximum absolute atomic E-state index is 13.7. The van der Waals surface area contributed by atoms with E-state index in [1.807, 2.05) is 20.8 Å². The summed E-state index contributed by atoms with van der Waals surface area (Å²) >= 11 is 0. The molecule has 1 heterocycles. The van der Waals surface area contributed by atoms with E-state index in [0.717, 1.165) is 10.9 Å². The lowest BCUT2D eigenvalue weighted by Crippen LogP contribution is -2.12. The van der Waals surface area contributed by atoms with Gasteiger partial charge in [-0.15, -0.1) is 0 Å². The molecule has 0 aliphatic carbocycles. The molecule has 0 saturated carbocycles. The van der Waals surface area contributed by atoms with Gasteiger partial charge in [0.15, 0.2) is 0 Å². The highest BCUT2D eigenvalue weighted by Gasteiger charge is 2.20. The van der Waals surface area contributed by atoms with Crippen LogP contribution in [0, 0.1) is 12.4 Å². The molecule has 0 fully saturated rings. The van der Waals surface area contributed by atoms with Gasteiger partial charge in [0.1, 0.15) is 5.82 Å². The molecule has 0 aliphatic heterocycles. The number of rotatable bonds is 0. The van der Waals surface area contributed by atoms with E-state index in [1.165, 1.54) is 6.07 Å². The van der Waals surface area contributed by atoms with Crippen LogP contribution in [0.3, 0.4) is 0 Å². The molecule has 0 unspecified atom stereocenters. The topological polar surface area (TPSA) is 17.2 Å². The van der Waals surface area contributed by atoms with Crippen LogP contribution < -0.4 is 0 Å². The van der Waals surface area contributed by atoms with E-state index >= 15 is 0 Å². The summed E-state index contributed by atoms with van der Waals surface area (Å²) in [6, 6.07) is 2.99. The fourth-order valence-electron chi connectivity index (χ4n) is 1.91. The van der Waals surface area contributed by atoms with Crippen LogP contribution in [0.2, 0.25) is 0 Å². The minimum Gasteiger partial charge on any atom is -0.264 e. The molecule has 86 valence electrons. The zero-order valence-electron chi connectivity index (χ0n) is 10.1. The molecule has 0 saturated heterocycles. The van der Waals surface area contributed by atoms with Crippen LogP contribution in [0.1, 0.15) is 26.3 Å². The summed E-state index contributed by atoms with van der Waals surface area (Å²) in [5.41, 5.74) is 0.829. The zero-order valence-corrected chi connectivity index (χ0v) is 10.1. The molecule has 0 amide bonds. The monoisotopic (exact) mass is 228 g/mol. The SMILES string of the molecule is [C-]#[N+]c1c(F)ccc2cncc(C(C)(C)C)c12. The van der Waals surface area contributed by atoms with Gasteiger partial charge in [0.2, 0.25) is 5.69 Å². The lowest BCUT2D eigenvalue weighted by Gasteiger charge is -2.21. The van der Waals surface area contributed by atoms with Crippen molar-refractivity contribution in [3.05, 3.63) is 47.3 Å². The third kappa shape index (κ3) is 1.87. The van der Waals surface area contributed by atoms with Crippen molar-refractivity contribution < 1.29 is 4.39 Å². The Morgan fingerprint density at radius 1 is 1.24 bits per heavy atom. The van der Waals surface area contributed by atoms with Crippen molar-refractivity contribution >= 4 is 16.5 Å². The van der Waals surface area contributed by atoms with Crippen molar-refractivity contribution in [3.63, 3.8) is 0 Å². The molecular formula is C14H13FN2. The van der Waals surface area contributed by atoms with Gasteiger partial charge in [0.25, 0.3) is 0 Å². The molecular weight excluding hydrogens is 215 g/mol. The molecule has 0 atom stereocenters. The predicted molar refractivity (Wildman–Crippen MR) is 66.7 cm³/mol. The van der Waals surface area contributed by atoms with E-state index in [4.69, 9.17) is 6.57 Å². The second-order valence-corrected chi connectivity index (χ2v) is 5.04. The van der Waals surface area contributed by atoms with Crippen LogP contribution in [-0.2, 0) is 5.41 Å². The average molecular weight is 228 g/mol. The summed E-state index contributed by atoms with van der Waals surface area (Å²) in [5, 5.41) is 1.49. The fourth-order valence-corrected chi connectivity index (χ4v) is 1.91. The molecule has 17 heavy (non-hydrogen) atoms. The van der Waals surface area contributed by atoms with Gasteiger partial charge in [-0.2, -0.15) is 0 Å². The van der Waals surface area contributed by atoms with Crippen LogP contribution in [0.4, 0.5) is 10.1 Å². The van der Waals surface area contributed by atoms with E-state index in [0.29, 0.717) is 5.39 Å². The first-order valence-corrected chi connectivity index (χ1v) is 5.39. The molecule has 0 aliphatic rings. The molecule has 1 aromatic carbocycles. The average Bonchev–Trinajstić information content (AvgIpc) is 2.27. The van der Waals surface area contributed by atoms with Gasteiger partial charge in [-0.3, -0.25) is 4.98 Å². The predicted octanol–water partition coefficient (Wildman–Crippen LogP) is 4.22. The molecule has 0 N–H and O–H groups in total. The Hall–Kier alpha value is -1.95. The zero-order chi connectivity index (χ0) is 12.6. The summed E-state index contributed by atoms with van der Waals surface area (Å²) in [6.07, 6.45) is 3.38. The largest absolute Gasteiger partial charge is 0.264 e. The number of fused-ring (bicyclic) bond motifs is 1. The van der Waals surface area contributed by atoms with E-state index in [-0.39, 0.29) is 11.1 Å². The number of aromatic nitrogens is 1. The third-order valence-electron chi connectivity index (χ3n) is 2.77. The highest BCUT2D eigenvalue weighted by molar-refractivity contribution is 5.97. The first kappa shape index (κ1) is 11.5. The summed E-state index contributed by atoms with van der Waals surface area (Å²) in [5.74, 6) is -0.468. The number of pyridine rings is 1. The van der Waals surface area contributed by atoms with Crippen molar-refractivity contribution in [2.45, 2.75) is 26.2 Å². The number of hydrogen-bond acceptors (Lipinski definition) is 1. The molecule has 3 heteroatoms. The van der Waals surface area contributed by atoms with Crippen molar-refractivity contribution in [2.24, 2.45) is 0 Å². The minimum atomic E-state index is -0.468. The lowest BCUT2D eigenvalue weighted by atomic mass is 9.84. The highest BCUT2D eigenvalue weighted by Crippen LogP contribution is 2.36. The molecule has 1 aromatic heterocycles. The maximum Gasteiger partial charge on any atom is 0.230 e. The summed E-state index contributed by atoms with van der Waals surface area (Å²) < 4.78 is 13.7. The molecule has 0 spiro atoms. The lowest BCUT2D eigenvalue weighted by molar-refractivity contribution is 0.592. The van der Waals surface area contributed by atoms with Gasteiger partial charge in [-0.25, -0.2) is 9.24 Å². The fraction of sp³-hybridized carbons (Fsp3) is 0.286. The first-order valence-electron chi connectivity index (χ1n) is 5.39. The third-order valence-corrected chi connectivity index (χ3v) is 2.77. The number of nitrogens with zero attached hydrogens (tertiary/aromatic N) is 2. The normalized spacial score (nSPS) is 11.5. The van der Waals surface area contributed by atoms with Crippen LogP contribution in [0.25, 0.3) is 15.6 Å². The summed E-state index contributed by atoms with van der Waals surface area (Å²) in [7, 11) is 0. The van der Waals surface area contributed by atoms with Gasteiger partial charge in [-0.1, -0.05) is 26.8 Å². The quantitative estimate of drug-likeness (QED) is 0.617. The van der Waals surface area contributed by atoms with Gasteiger partial charge in [0.05, 0.1) is 6.57 Å². The van der Waals surface area contributed by atoms with Crippen LogP contribution in [0.15, 0.2) is 24.5 Å².